The molecule has 3 aromatic rings. The number of aromatic nitrogens is 5. The Morgan fingerprint density at radius 1 is 1.19 bits per heavy atom. The number of nitrogens with zero attached hydrogens (tertiary/aromatic N) is 4. The maximum atomic E-state index is 5.82. The van der Waals surface area contributed by atoms with Crippen LogP contribution in [0.15, 0.2) is 24.3 Å². The molecule has 0 aliphatic rings. The summed E-state index contributed by atoms with van der Waals surface area (Å²) in [5.74, 6) is 2.11. The van der Waals surface area contributed by atoms with Gasteiger partial charge in [-0.2, -0.15) is 4.98 Å². The normalized spacial score (nSPS) is 11.1. The van der Waals surface area contributed by atoms with Gasteiger partial charge in [0.1, 0.15) is 0 Å². The van der Waals surface area contributed by atoms with E-state index >= 15 is 0 Å². The molecule has 0 atom stereocenters. The van der Waals surface area contributed by atoms with Gasteiger partial charge in [0.2, 0.25) is 0 Å². The van der Waals surface area contributed by atoms with Crippen LogP contribution in [0.5, 0.6) is 0 Å². The first-order chi connectivity index (χ1) is 7.74. The lowest BCUT2D eigenvalue weighted by Gasteiger charge is -1.95. The number of H-pyrrole nitrogens is 1. The number of fused-ring (bicyclic) bond motifs is 1. The summed E-state index contributed by atoms with van der Waals surface area (Å²) in [6.45, 7) is 1.86. The summed E-state index contributed by atoms with van der Waals surface area (Å²) in [6.07, 6.45) is 0. The lowest BCUT2D eigenvalue weighted by atomic mass is 10.2. The van der Waals surface area contributed by atoms with Crippen LogP contribution in [0.2, 0.25) is 5.02 Å². The Morgan fingerprint density at radius 2 is 1.94 bits per heavy atom. The molecule has 0 fully saturated rings. The van der Waals surface area contributed by atoms with Crippen molar-refractivity contribution in [3.05, 3.63) is 35.1 Å². The van der Waals surface area contributed by atoms with E-state index in [0.717, 1.165) is 17.2 Å². The van der Waals surface area contributed by atoms with Crippen molar-refractivity contribution in [3.8, 4) is 11.4 Å². The fraction of sp³-hybridized carbons (Fsp3) is 0.100. The van der Waals surface area contributed by atoms with Crippen molar-refractivity contribution in [1.82, 2.24) is 24.8 Å². The fourth-order valence-electron chi connectivity index (χ4n) is 1.52. The van der Waals surface area contributed by atoms with Crippen LogP contribution in [0, 0.1) is 6.92 Å². The van der Waals surface area contributed by atoms with Gasteiger partial charge in [-0.3, -0.25) is 5.10 Å². The predicted octanol–water partition coefficient (Wildman–Crippen LogP) is 2.08. The molecule has 2 heterocycles. The quantitative estimate of drug-likeness (QED) is 0.700. The molecule has 0 spiro atoms. The van der Waals surface area contributed by atoms with Crippen molar-refractivity contribution < 1.29 is 0 Å². The van der Waals surface area contributed by atoms with Crippen molar-refractivity contribution in [3.63, 3.8) is 0 Å². The Kier molecular flexibility index (Phi) is 1.94. The second-order valence-corrected chi connectivity index (χ2v) is 3.90. The third kappa shape index (κ3) is 1.37. The highest BCUT2D eigenvalue weighted by atomic mass is 35.5. The van der Waals surface area contributed by atoms with Crippen LogP contribution in [0.3, 0.4) is 0 Å². The summed E-state index contributed by atoms with van der Waals surface area (Å²) in [4.78, 5) is 4.32. The molecule has 2 aromatic heterocycles. The lowest BCUT2D eigenvalue weighted by Crippen LogP contribution is -1.88. The van der Waals surface area contributed by atoms with E-state index in [1.807, 2.05) is 31.2 Å². The molecule has 0 aliphatic heterocycles. The first-order valence-electron chi connectivity index (χ1n) is 4.78. The van der Waals surface area contributed by atoms with Crippen LogP contribution in [-0.2, 0) is 0 Å². The third-order valence-corrected chi connectivity index (χ3v) is 2.61. The van der Waals surface area contributed by atoms with Crippen LogP contribution < -0.4 is 0 Å². The lowest BCUT2D eigenvalue weighted by molar-refractivity contribution is 0.896. The monoisotopic (exact) mass is 233 g/mol. The summed E-state index contributed by atoms with van der Waals surface area (Å²) < 4.78 is 1.74. The molecule has 6 heteroatoms. The number of hydrogen-bond acceptors (Lipinski definition) is 3. The summed E-state index contributed by atoms with van der Waals surface area (Å²) in [6, 6.07) is 7.47. The molecular formula is C10H8ClN5. The zero-order valence-electron chi connectivity index (χ0n) is 8.48. The molecule has 1 N–H and O–H groups in total. The average Bonchev–Trinajstić information content (AvgIpc) is 2.83. The molecule has 80 valence electrons. The van der Waals surface area contributed by atoms with Gasteiger partial charge in [0, 0.05) is 10.6 Å². The van der Waals surface area contributed by atoms with Crippen molar-refractivity contribution >= 4 is 17.4 Å². The molecule has 0 aliphatic carbocycles. The van der Waals surface area contributed by atoms with E-state index in [4.69, 9.17) is 11.6 Å². The highest BCUT2D eigenvalue weighted by Crippen LogP contribution is 2.18. The summed E-state index contributed by atoms with van der Waals surface area (Å²) in [7, 11) is 0. The number of aromatic amines is 1. The van der Waals surface area contributed by atoms with Crippen LogP contribution in [0.1, 0.15) is 5.82 Å². The van der Waals surface area contributed by atoms with Gasteiger partial charge < -0.3 is 0 Å². The van der Waals surface area contributed by atoms with Gasteiger partial charge in [-0.15, -0.1) is 10.2 Å². The largest absolute Gasteiger partial charge is 0.272 e. The maximum absolute atomic E-state index is 5.82. The minimum absolute atomic E-state index is 0.572. The molecule has 5 nitrogen and oxygen atoms in total. The zero-order valence-corrected chi connectivity index (χ0v) is 9.23. The number of hydrogen-bond donors (Lipinski definition) is 1. The van der Waals surface area contributed by atoms with Crippen molar-refractivity contribution in [2.24, 2.45) is 0 Å². The molecule has 0 amide bonds. The smallest absolute Gasteiger partial charge is 0.272 e. The van der Waals surface area contributed by atoms with E-state index in [1.165, 1.54) is 0 Å². The van der Waals surface area contributed by atoms with Gasteiger partial charge in [-0.05, 0) is 31.2 Å². The number of nitrogens with one attached hydrogen (secondary N) is 1. The Bertz CT molecular complexity index is 637. The number of rotatable bonds is 1. The standard InChI is InChI=1S/C10H8ClN5/c1-6-13-14-10-12-9(15-16(6)10)7-2-4-8(11)5-3-7/h2-5H,1H3,(H,12,14,15). The maximum Gasteiger partial charge on any atom is 0.272 e. The van der Waals surface area contributed by atoms with Crippen LogP contribution in [0.4, 0.5) is 0 Å². The molecule has 0 radical (unpaired) electrons. The SMILES string of the molecule is Cc1nnc2nc(-c3ccc(Cl)cc3)[nH]n12. The first kappa shape index (κ1) is 9.35. The van der Waals surface area contributed by atoms with Gasteiger partial charge in [0.25, 0.3) is 5.78 Å². The highest BCUT2D eigenvalue weighted by Gasteiger charge is 2.08. The Morgan fingerprint density at radius 3 is 2.62 bits per heavy atom. The number of halogens is 1. The Hall–Kier alpha value is -1.88. The molecule has 3 rings (SSSR count). The molecule has 0 unspecified atom stereocenters. The van der Waals surface area contributed by atoms with Crippen molar-refractivity contribution in [2.75, 3.05) is 0 Å². The molecule has 0 saturated carbocycles. The van der Waals surface area contributed by atoms with E-state index in [2.05, 4.69) is 20.3 Å². The van der Waals surface area contributed by atoms with Gasteiger partial charge in [0.05, 0.1) is 0 Å². The van der Waals surface area contributed by atoms with E-state index in [-0.39, 0.29) is 0 Å². The zero-order chi connectivity index (χ0) is 11.1. The van der Waals surface area contributed by atoms with Gasteiger partial charge in [-0.1, -0.05) is 11.6 Å². The Balaban J connectivity index is 2.15. The molecular weight excluding hydrogens is 226 g/mol. The summed E-state index contributed by atoms with van der Waals surface area (Å²) in [5.41, 5.74) is 0.967. The summed E-state index contributed by atoms with van der Waals surface area (Å²) in [5, 5.41) is 11.7. The van der Waals surface area contributed by atoms with Gasteiger partial charge >= 0.3 is 0 Å². The molecule has 16 heavy (non-hydrogen) atoms. The van der Waals surface area contributed by atoms with Crippen LogP contribution in [0.25, 0.3) is 17.2 Å². The van der Waals surface area contributed by atoms with E-state index in [1.54, 1.807) is 4.52 Å². The molecule has 0 saturated heterocycles. The van der Waals surface area contributed by atoms with E-state index in [9.17, 15) is 0 Å². The van der Waals surface area contributed by atoms with Gasteiger partial charge in [-0.25, -0.2) is 4.52 Å². The number of benzene rings is 1. The van der Waals surface area contributed by atoms with Crippen LogP contribution >= 0.6 is 11.6 Å². The second-order valence-electron chi connectivity index (χ2n) is 3.46. The van der Waals surface area contributed by atoms with Crippen molar-refractivity contribution in [2.45, 2.75) is 6.92 Å². The topological polar surface area (TPSA) is 58.9 Å². The molecule has 0 bridgehead atoms. The highest BCUT2D eigenvalue weighted by molar-refractivity contribution is 6.30. The van der Waals surface area contributed by atoms with Gasteiger partial charge in [0.15, 0.2) is 11.6 Å². The first-order valence-corrected chi connectivity index (χ1v) is 5.15. The van der Waals surface area contributed by atoms with Crippen molar-refractivity contribution in [1.29, 1.82) is 0 Å². The minimum atomic E-state index is 0.572. The van der Waals surface area contributed by atoms with E-state index < -0.39 is 0 Å². The predicted molar refractivity (Wildman–Crippen MR) is 60.3 cm³/mol. The second kappa shape index (κ2) is 3.31. The van der Waals surface area contributed by atoms with E-state index in [0.29, 0.717) is 10.8 Å². The fourth-order valence-corrected chi connectivity index (χ4v) is 1.65. The average molecular weight is 234 g/mol. The minimum Gasteiger partial charge on any atom is -0.272 e. The third-order valence-electron chi connectivity index (χ3n) is 2.35. The molecule has 1 aromatic carbocycles. The van der Waals surface area contributed by atoms with Crippen LogP contribution in [-0.4, -0.2) is 24.8 Å². The summed E-state index contributed by atoms with van der Waals surface area (Å²) >= 11 is 5.82. The number of aryl methyl sites for hydroxylation is 1. The Labute approximate surface area is 96.1 Å².